The Morgan fingerprint density at radius 1 is 0.337 bits per heavy atom. The fraction of sp³-hybridized carbons (Fsp3) is 0.676. The Balaban J connectivity index is 0.0000126. The van der Waals surface area contributed by atoms with E-state index in [1.165, 1.54) is 260 Å². The van der Waals surface area contributed by atoms with Gasteiger partial charge in [0, 0.05) is 42.4 Å². The van der Waals surface area contributed by atoms with E-state index in [-0.39, 0.29) is 18.0 Å². The molecule has 0 saturated carbocycles. The number of hydrogen-bond acceptors (Lipinski definition) is 7. The summed E-state index contributed by atoms with van der Waals surface area (Å²) in [4.78, 5) is 45.8. The highest BCUT2D eigenvalue weighted by molar-refractivity contribution is 7.23. The number of fused-ring (bicyclic) bond motifs is 1. The first-order chi connectivity index (χ1) is 40.3. The monoisotopic (exact) mass is 1210 g/mol. The molecular formula is C74H117N3O2S4. The van der Waals surface area contributed by atoms with Crippen molar-refractivity contribution in [2.45, 2.75) is 298 Å². The molecule has 2 unspecified atom stereocenters. The average molecular weight is 1210 g/mol. The average Bonchev–Trinajstić information content (AvgIpc) is 4.53. The molecule has 6 rings (SSSR count). The van der Waals surface area contributed by atoms with Crippen LogP contribution in [0.15, 0.2) is 59.7 Å². The van der Waals surface area contributed by atoms with E-state index < -0.39 is 0 Å². The summed E-state index contributed by atoms with van der Waals surface area (Å²) in [7, 11) is 0. The molecule has 2 aliphatic heterocycles. The van der Waals surface area contributed by atoms with E-state index >= 15 is 9.59 Å². The quantitative estimate of drug-likeness (QED) is 0.0448. The van der Waals surface area contributed by atoms with Gasteiger partial charge in [-0.2, -0.15) is 0 Å². The Bertz CT molecular complexity index is 2480. The lowest BCUT2D eigenvalue weighted by Gasteiger charge is -2.29. The maximum Gasteiger partial charge on any atom is 0.261 e. The fourth-order valence-corrected chi connectivity index (χ4v) is 16.6. The van der Waals surface area contributed by atoms with Crippen molar-refractivity contribution >= 4 is 80.7 Å². The zero-order valence-corrected chi connectivity index (χ0v) is 56.9. The molecule has 0 bridgehead atoms. The molecule has 3 N–H and O–H groups in total. The van der Waals surface area contributed by atoms with E-state index in [0.717, 1.165) is 46.8 Å². The number of hydrogen-bond donors (Lipinski definition) is 1. The predicted molar refractivity (Wildman–Crippen MR) is 371 cm³/mol. The van der Waals surface area contributed by atoms with Gasteiger partial charge in [-0.3, -0.25) is 9.59 Å². The second-order valence-electron chi connectivity index (χ2n) is 25.0. The number of carbonyl (C=O) groups is 2. The fourth-order valence-electron chi connectivity index (χ4n) is 12.8. The molecule has 0 fully saturated rings. The molecule has 4 aromatic rings. The first kappa shape index (κ1) is 70.7. The summed E-state index contributed by atoms with van der Waals surface area (Å²) in [6, 6.07) is 17.8. The molecule has 0 spiro atoms. The zero-order valence-electron chi connectivity index (χ0n) is 53.7. The van der Waals surface area contributed by atoms with Gasteiger partial charge in [0.15, 0.2) is 0 Å². The van der Waals surface area contributed by atoms with Crippen LogP contribution in [-0.2, 0) is 9.59 Å². The lowest BCUT2D eigenvalue weighted by molar-refractivity contribution is -0.124. The highest BCUT2D eigenvalue weighted by Crippen LogP contribution is 2.51. The van der Waals surface area contributed by atoms with Crippen molar-refractivity contribution in [3.8, 4) is 9.75 Å². The number of amides is 2. The number of rotatable bonds is 49. The van der Waals surface area contributed by atoms with Gasteiger partial charge < -0.3 is 16.0 Å². The molecule has 5 nitrogen and oxygen atoms in total. The van der Waals surface area contributed by atoms with Gasteiger partial charge in [-0.1, -0.05) is 259 Å². The van der Waals surface area contributed by atoms with Crippen LogP contribution in [0, 0.1) is 25.7 Å². The molecule has 4 aromatic heterocycles. The number of nitrogens with zero attached hydrogens (tertiary/aromatic N) is 2. The van der Waals surface area contributed by atoms with Crippen LogP contribution in [-0.4, -0.2) is 34.7 Å². The van der Waals surface area contributed by atoms with Crippen molar-refractivity contribution in [2.24, 2.45) is 11.8 Å². The van der Waals surface area contributed by atoms with Gasteiger partial charge in [0.25, 0.3) is 11.8 Å². The molecule has 9 heteroatoms. The molecule has 6 heterocycles. The van der Waals surface area contributed by atoms with Crippen molar-refractivity contribution < 1.29 is 9.59 Å². The molecule has 2 aliphatic rings. The second kappa shape index (κ2) is 41.9. The molecular weight excluding hydrogens is 1090 g/mol. The molecule has 0 radical (unpaired) electrons. The summed E-state index contributed by atoms with van der Waals surface area (Å²) in [5.41, 5.74) is 3.14. The minimum atomic E-state index is 0. The highest BCUT2D eigenvalue weighted by Gasteiger charge is 2.50. The molecule has 83 heavy (non-hydrogen) atoms. The van der Waals surface area contributed by atoms with E-state index in [2.05, 4.69) is 112 Å². The minimum absolute atomic E-state index is 0. The van der Waals surface area contributed by atoms with E-state index in [9.17, 15) is 0 Å². The molecule has 0 aliphatic carbocycles. The number of carbonyl (C=O) groups excluding carboxylic acids is 2. The maximum atomic E-state index is 15.9. The lowest BCUT2D eigenvalue weighted by atomic mass is 9.93. The predicted octanol–water partition coefficient (Wildman–Crippen LogP) is 25.3. The Morgan fingerprint density at radius 2 is 0.614 bits per heavy atom. The third-order valence-corrected chi connectivity index (χ3v) is 22.1. The summed E-state index contributed by atoms with van der Waals surface area (Å²) >= 11 is 7.18. The SMILES string of the molecule is CCCCCCCCCCCCC(CCCCCCCCCC)CN1C(=O)C2=C(c3ccc(-c4ccc(/C=C/c5ccc(C)s5)s4)s3)N(CC(CCCCCCCCCC)CCCCCCCCCCCC)C(=O)C2=C1c1ccc(C)s1.N. The molecule has 2 atom stereocenters. The van der Waals surface area contributed by atoms with Gasteiger partial charge in [-0.15, -0.1) is 45.3 Å². The van der Waals surface area contributed by atoms with Crippen LogP contribution in [0.3, 0.4) is 0 Å². The third kappa shape index (κ3) is 24.5. The number of aryl methyl sites for hydroxylation is 2. The Morgan fingerprint density at radius 3 is 0.964 bits per heavy atom. The Labute approximate surface area is 524 Å². The van der Waals surface area contributed by atoms with Crippen molar-refractivity contribution in [1.82, 2.24) is 16.0 Å². The van der Waals surface area contributed by atoms with Gasteiger partial charge in [0.1, 0.15) is 0 Å². The number of unbranched alkanes of at least 4 members (excludes halogenated alkanes) is 32. The number of thiophene rings is 4. The van der Waals surface area contributed by atoms with Gasteiger partial charge in [0.2, 0.25) is 0 Å². The van der Waals surface area contributed by atoms with E-state index in [0.29, 0.717) is 36.1 Å². The van der Waals surface area contributed by atoms with Crippen LogP contribution in [0.25, 0.3) is 33.3 Å². The van der Waals surface area contributed by atoms with Crippen LogP contribution in [0.5, 0.6) is 0 Å². The van der Waals surface area contributed by atoms with Crippen LogP contribution in [0.2, 0.25) is 0 Å². The van der Waals surface area contributed by atoms with Crippen LogP contribution >= 0.6 is 45.3 Å². The zero-order chi connectivity index (χ0) is 58.0. The largest absolute Gasteiger partial charge is 0.344 e. The third-order valence-electron chi connectivity index (χ3n) is 17.8. The first-order valence-electron chi connectivity index (χ1n) is 34.4. The Kier molecular flexibility index (Phi) is 35.7. The topological polar surface area (TPSA) is 75.6 Å². The highest BCUT2D eigenvalue weighted by atomic mass is 32.1. The van der Waals surface area contributed by atoms with Gasteiger partial charge in [-0.05, 0) is 112 Å². The van der Waals surface area contributed by atoms with E-state index in [1.54, 1.807) is 22.7 Å². The summed E-state index contributed by atoms with van der Waals surface area (Å²) in [5.74, 6) is 0.909. The van der Waals surface area contributed by atoms with Crippen LogP contribution in [0.4, 0.5) is 0 Å². The summed E-state index contributed by atoms with van der Waals surface area (Å²) in [5, 5.41) is 0. The van der Waals surface area contributed by atoms with Crippen molar-refractivity contribution in [1.29, 1.82) is 0 Å². The van der Waals surface area contributed by atoms with Crippen molar-refractivity contribution in [2.75, 3.05) is 13.1 Å². The summed E-state index contributed by atoms with van der Waals surface area (Å²) in [6.45, 7) is 14.9. The molecule has 0 aromatic carbocycles. The summed E-state index contributed by atoms with van der Waals surface area (Å²) < 4.78 is 0. The maximum absolute atomic E-state index is 15.9. The molecule has 0 saturated heterocycles. The Hall–Kier alpha value is -3.08. The molecule has 2 amide bonds. The van der Waals surface area contributed by atoms with Gasteiger partial charge in [-0.25, -0.2) is 0 Å². The van der Waals surface area contributed by atoms with E-state index in [4.69, 9.17) is 0 Å². The first-order valence-corrected chi connectivity index (χ1v) is 37.7. The van der Waals surface area contributed by atoms with Crippen molar-refractivity contribution in [3.63, 3.8) is 0 Å². The van der Waals surface area contributed by atoms with Gasteiger partial charge >= 0.3 is 0 Å². The van der Waals surface area contributed by atoms with Crippen LogP contribution < -0.4 is 6.15 Å². The normalized spacial score (nSPS) is 14.4. The standard InChI is InChI=1S/C74H114N2O2S4.H3N/c1-7-11-15-19-23-27-29-33-37-41-44-61(43-39-35-31-25-21-17-13-9-3)57-75-71(67-53-48-60(6)80-67)69-70(74(75)78)72(68-56-55-66(82-68)65-54-52-64(81-65)51-50-63-49-47-59(5)79-63)76(73(69)77)58-62(45-40-36-32-26-22-18-14-10-4)46-42-38-34-30-28-24-20-16-12-8-2;/h47-56,61-62H,7-46,57-58H2,1-6H3;1H3/b51-50+;. The molecule has 464 valence electrons. The van der Waals surface area contributed by atoms with Gasteiger partial charge in [0.05, 0.1) is 32.3 Å². The minimum Gasteiger partial charge on any atom is -0.344 e. The smallest absolute Gasteiger partial charge is 0.261 e. The van der Waals surface area contributed by atoms with E-state index in [1.807, 2.05) is 22.7 Å². The summed E-state index contributed by atoms with van der Waals surface area (Å²) in [6.07, 6.45) is 56.6. The van der Waals surface area contributed by atoms with Crippen LogP contribution in [0.1, 0.15) is 314 Å². The van der Waals surface area contributed by atoms with Crippen molar-refractivity contribution in [3.05, 3.63) is 88.9 Å². The second-order valence-corrected chi connectivity index (χ2v) is 29.8. The lowest BCUT2D eigenvalue weighted by Crippen LogP contribution is -2.34.